The minimum atomic E-state index is -0.887. The van der Waals surface area contributed by atoms with Crippen LogP contribution in [0.3, 0.4) is 0 Å². The number of nitrogens with one attached hydrogen (secondary N) is 1. The van der Waals surface area contributed by atoms with Gasteiger partial charge in [0.1, 0.15) is 17.9 Å². The van der Waals surface area contributed by atoms with Crippen LogP contribution in [-0.4, -0.2) is 55.2 Å². The van der Waals surface area contributed by atoms with E-state index in [1.807, 2.05) is 41.9 Å². The van der Waals surface area contributed by atoms with Crippen molar-refractivity contribution in [2.45, 2.75) is 49.2 Å². The number of carbonyl (C=O) groups is 3. The van der Waals surface area contributed by atoms with Crippen LogP contribution in [0.15, 0.2) is 35.5 Å². The van der Waals surface area contributed by atoms with Crippen LogP contribution in [0.25, 0.3) is 0 Å². The normalized spacial score (nSPS) is 18.5. The van der Waals surface area contributed by atoms with Crippen LogP contribution in [0.4, 0.5) is 0 Å². The Balaban J connectivity index is 1.45. The molecule has 2 fully saturated rings. The van der Waals surface area contributed by atoms with Gasteiger partial charge in [0, 0.05) is 13.5 Å². The molecule has 30 heavy (non-hydrogen) atoms. The second kappa shape index (κ2) is 8.59. The predicted octanol–water partition coefficient (Wildman–Crippen LogP) is 1.69. The van der Waals surface area contributed by atoms with Gasteiger partial charge < -0.3 is 9.47 Å². The molecule has 1 N–H and O–H groups in total. The lowest BCUT2D eigenvalue weighted by Gasteiger charge is -2.47. The van der Waals surface area contributed by atoms with E-state index < -0.39 is 11.4 Å². The largest absolute Gasteiger partial charge is 0.318 e. The van der Waals surface area contributed by atoms with Gasteiger partial charge in [-0.15, -0.1) is 10.2 Å². The molecule has 1 saturated carbocycles. The van der Waals surface area contributed by atoms with E-state index in [0.29, 0.717) is 24.4 Å². The molecule has 2 aromatic rings. The second-order valence-electron chi connectivity index (χ2n) is 7.86. The maximum absolute atomic E-state index is 13.1. The topological polar surface area (TPSA) is 97.2 Å². The summed E-state index contributed by atoms with van der Waals surface area (Å²) in [6.07, 6.45) is 4.67. The van der Waals surface area contributed by atoms with Gasteiger partial charge in [0.15, 0.2) is 5.16 Å². The van der Waals surface area contributed by atoms with Gasteiger partial charge in [0.2, 0.25) is 11.8 Å². The van der Waals surface area contributed by atoms with E-state index in [2.05, 4.69) is 15.5 Å². The smallest absolute Gasteiger partial charge is 0.252 e. The number of nitrogens with zero attached hydrogens (tertiary/aromatic N) is 4. The fourth-order valence-corrected chi connectivity index (χ4v) is 5.07. The summed E-state index contributed by atoms with van der Waals surface area (Å²) in [5, 5.41) is 11.5. The van der Waals surface area contributed by atoms with E-state index in [1.165, 1.54) is 16.7 Å². The van der Waals surface area contributed by atoms with Gasteiger partial charge in [0.25, 0.3) is 5.91 Å². The van der Waals surface area contributed by atoms with Gasteiger partial charge >= 0.3 is 0 Å². The van der Waals surface area contributed by atoms with E-state index in [9.17, 15) is 14.4 Å². The molecule has 158 valence electrons. The second-order valence-corrected chi connectivity index (χ2v) is 8.80. The quantitative estimate of drug-likeness (QED) is 0.576. The minimum Gasteiger partial charge on any atom is -0.318 e. The molecule has 9 heteroatoms. The fraction of sp³-hybridized carbons (Fsp3) is 0.476. The number of imide groups is 1. The Morgan fingerprint density at radius 3 is 2.60 bits per heavy atom. The molecule has 1 aromatic heterocycles. The molecule has 1 saturated heterocycles. The number of carbonyl (C=O) groups excluding carboxylic acids is 3. The monoisotopic (exact) mass is 427 g/mol. The lowest BCUT2D eigenvalue weighted by atomic mass is 9.78. The lowest BCUT2D eigenvalue weighted by Crippen LogP contribution is -2.69. The molecule has 1 spiro atoms. The molecule has 0 unspecified atom stereocenters. The van der Waals surface area contributed by atoms with Crippen LogP contribution in [0.2, 0.25) is 0 Å². The van der Waals surface area contributed by atoms with Crippen molar-refractivity contribution in [3.05, 3.63) is 41.7 Å². The Bertz CT molecular complexity index is 953. The molecular formula is C21H25N5O3S. The molecule has 1 aliphatic heterocycles. The number of piperazine rings is 1. The maximum Gasteiger partial charge on any atom is 0.252 e. The molecule has 4 rings (SSSR count). The summed E-state index contributed by atoms with van der Waals surface area (Å²) in [6.45, 7) is -0.0663. The van der Waals surface area contributed by atoms with Crippen molar-refractivity contribution in [1.82, 2.24) is 25.0 Å². The summed E-state index contributed by atoms with van der Waals surface area (Å²) < 4.78 is 1.88. The Morgan fingerprint density at radius 2 is 1.87 bits per heavy atom. The van der Waals surface area contributed by atoms with Gasteiger partial charge in [0.05, 0.1) is 5.75 Å². The number of thioether (sulfide) groups is 1. The van der Waals surface area contributed by atoms with E-state index in [0.717, 1.165) is 30.7 Å². The lowest BCUT2D eigenvalue weighted by molar-refractivity contribution is -0.158. The van der Waals surface area contributed by atoms with Crippen molar-refractivity contribution in [2.24, 2.45) is 7.05 Å². The number of aromatic nitrogens is 3. The Kier molecular flexibility index (Phi) is 5.90. The zero-order valence-electron chi connectivity index (χ0n) is 17.0. The summed E-state index contributed by atoms with van der Waals surface area (Å²) >= 11 is 1.29. The van der Waals surface area contributed by atoms with Gasteiger partial charge in [-0.2, -0.15) is 0 Å². The van der Waals surface area contributed by atoms with Crippen molar-refractivity contribution < 1.29 is 14.4 Å². The van der Waals surface area contributed by atoms with E-state index >= 15 is 0 Å². The third-order valence-electron chi connectivity index (χ3n) is 5.93. The van der Waals surface area contributed by atoms with Gasteiger partial charge in [-0.3, -0.25) is 19.7 Å². The first-order valence-corrected chi connectivity index (χ1v) is 11.2. The number of hydrogen-bond acceptors (Lipinski definition) is 6. The van der Waals surface area contributed by atoms with Crippen molar-refractivity contribution in [3.63, 3.8) is 0 Å². The van der Waals surface area contributed by atoms with Crippen molar-refractivity contribution in [2.75, 3.05) is 12.3 Å². The number of benzene rings is 1. The highest BCUT2D eigenvalue weighted by Crippen LogP contribution is 2.36. The van der Waals surface area contributed by atoms with E-state index in [1.54, 1.807) is 0 Å². The standard InChI is InChI=1S/C21H25N5O3S/c1-25-16(12-15-8-4-2-5-9-15)23-24-20(25)30-14-18(28)26-13-17(27)22-19(29)21(26)10-6-3-7-11-21/h2,4-5,8-9H,3,6-7,10-14H2,1H3,(H,22,27,29). The summed E-state index contributed by atoms with van der Waals surface area (Å²) in [5.41, 5.74) is 0.250. The minimum absolute atomic E-state index is 0.0663. The van der Waals surface area contributed by atoms with Crippen molar-refractivity contribution in [3.8, 4) is 0 Å². The van der Waals surface area contributed by atoms with Crippen LogP contribution in [0, 0.1) is 0 Å². The SMILES string of the molecule is Cn1c(Cc2ccccc2)nnc1SCC(=O)N1CC(=O)NC(=O)C12CCCCC2. The van der Waals surface area contributed by atoms with E-state index in [-0.39, 0.29) is 24.1 Å². The van der Waals surface area contributed by atoms with Gasteiger partial charge in [-0.25, -0.2) is 0 Å². The van der Waals surface area contributed by atoms with Gasteiger partial charge in [-0.05, 0) is 18.4 Å². The Morgan fingerprint density at radius 1 is 1.13 bits per heavy atom. The summed E-state index contributed by atoms with van der Waals surface area (Å²) in [5.74, 6) is -0.0382. The molecule has 3 amide bonds. The highest BCUT2D eigenvalue weighted by molar-refractivity contribution is 7.99. The zero-order valence-corrected chi connectivity index (χ0v) is 17.8. The van der Waals surface area contributed by atoms with Crippen molar-refractivity contribution in [1.29, 1.82) is 0 Å². The molecule has 1 aromatic carbocycles. The molecule has 0 bridgehead atoms. The van der Waals surface area contributed by atoms with Crippen LogP contribution >= 0.6 is 11.8 Å². The Hall–Kier alpha value is -2.68. The van der Waals surface area contributed by atoms with Crippen LogP contribution in [-0.2, 0) is 27.9 Å². The molecule has 8 nitrogen and oxygen atoms in total. The molecule has 0 radical (unpaired) electrons. The predicted molar refractivity (Wildman–Crippen MR) is 112 cm³/mol. The molecule has 2 aliphatic rings. The average molecular weight is 428 g/mol. The van der Waals surface area contributed by atoms with E-state index in [4.69, 9.17) is 0 Å². The highest BCUT2D eigenvalue weighted by Gasteiger charge is 2.50. The highest BCUT2D eigenvalue weighted by atomic mass is 32.2. The summed E-state index contributed by atoms with van der Waals surface area (Å²) in [6, 6.07) is 10.0. The Labute approximate surface area is 179 Å². The number of rotatable bonds is 5. The summed E-state index contributed by atoms with van der Waals surface area (Å²) in [7, 11) is 1.88. The maximum atomic E-state index is 13.1. The first-order valence-electron chi connectivity index (χ1n) is 10.2. The molecule has 0 atom stereocenters. The van der Waals surface area contributed by atoms with Crippen LogP contribution in [0.1, 0.15) is 43.5 Å². The zero-order chi connectivity index (χ0) is 21.1. The third-order valence-corrected chi connectivity index (χ3v) is 6.94. The van der Waals surface area contributed by atoms with Crippen LogP contribution < -0.4 is 5.32 Å². The third kappa shape index (κ3) is 3.98. The van der Waals surface area contributed by atoms with Crippen molar-refractivity contribution >= 4 is 29.5 Å². The number of hydrogen-bond donors (Lipinski definition) is 1. The summed E-state index contributed by atoms with van der Waals surface area (Å²) in [4.78, 5) is 39.2. The molecule has 2 heterocycles. The van der Waals surface area contributed by atoms with Gasteiger partial charge in [-0.1, -0.05) is 61.4 Å². The average Bonchev–Trinajstić information content (AvgIpc) is 3.10. The first kappa shape index (κ1) is 20.6. The fourth-order valence-electron chi connectivity index (χ4n) is 4.27. The molecular weight excluding hydrogens is 402 g/mol. The molecule has 1 aliphatic carbocycles. The first-order chi connectivity index (χ1) is 14.5. The van der Waals surface area contributed by atoms with Crippen LogP contribution in [0.5, 0.6) is 0 Å². The number of amides is 3.